The van der Waals surface area contributed by atoms with Crippen LogP contribution in [0.15, 0.2) is 24.3 Å². The first-order valence-electron chi connectivity index (χ1n) is 5.81. The van der Waals surface area contributed by atoms with Crippen molar-refractivity contribution in [3.05, 3.63) is 34.9 Å². The molecule has 0 unspecified atom stereocenters. The molecule has 0 radical (unpaired) electrons. The summed E-state index contributed by atoms with van der Waals surface area (Å²) in [7, 11) is 1.70. The van der Waals surface area contributed by atoms with Crippen molar-refractivity contribution >= 4 is 23.4 Å². The molecule has 2 N–H and O–H groups in total. The van der Waals surface area contributed by atoms with Gasteiger partial charge in [0, 0.05) is 18.5 Å². The standard InChI is InChI=1S/C13H15ClN2O2/c1-16-11(17)6-5-10(13(15)18)12(16)8-3-2-4-9(14)7-8/h2-4,7,10,12H,5-6H2,1H3,(H2,15,18)/t10-,12+/m1/s1. The highest BCUT2D eigenvalue weighted by Gasteiger charge is 2.37. The van der Waals surface area contributed by atoms with Crippen LogP contribution in [0.25, 0.3) is 0 Å². The van der Waals surface area contributed by atoms with E-state index >= 15 is 0 Å². The summed E-state index contributed by atoms with van der Waals surface area (Å²) in [5, 5.41) is 0.585. The van der Waals surface area contributed by atoms with Crippen molar-refractivity contribution in [2.45, 2.75) is 18.9 Å². The van der Waals surface area contributed by atoms with Gasteiger partial charge < -0.3 is 10.6 Å². The number of carbonyl (C=O) groups is 2. The van der Waals surface area contributed by atoms with Gasteiger partial charge in [0.25, 0.3) is 0 Å². The molecule has 0 aliphatic carbocycles. The third-order valence-corrected chi connectivity index (χ3v) is 3.65. The fraction of sp³-hybridized carbons (Fsp3) is 0.385. The lowest BCUT2D eigenvalue weighted by Crippen LogP contribution is -2.44. The molecule has 96 valence electrons. The second kappa shape index (κ2) is 4.98. The van der Waals surface area contributed by atoms with E-state index in [1.54, 1.807) is 24.1 Å². The van der Waals surface area contributed by atoms with Crippen LogP contribution in [0.4, 0.5) is 0 Å². The van der Waals surface area contributed by atoms with Crippen LogP contribution in [0.3, 0.4) is 0 Å². The fourth-order valence-corrected chi connectivity index (χ4v) is 2.68. The zero-order valence-corrected chi connectivity index (χ0v) is 10.9. The van der Waals surface area contributed by atoms with Gasteiger partial charge in [-0.1, -0.05) is 23.7 Å². The van der Waals surface area contributed by atoms with Gasteiger partial charge in [0.05, 0.1) is 12.0 Å². The summed E-state index contributed by atoms with van der Waals surface area (Å²) in [5.41, 5.74) is 6.28. The van der Waals surface area contributed by atoms with Crippen molar-refractivity contribution < 1.29 is 9.59 Å². The maximum atomic E-state index is 11.8. The molecule has 2 rings (SSSR count). The average molecular weight is 267 g/mol. The lowest BCUT2D eigenvalue weighted by molar-refractivity contribution is -0.140. The zero-order chi connectivity index (χ0) is 13.3. The van der Waals surface area contributed by atoms with E-state index in [1.165, 1.54) is 0 Å². The largest absolute Gasteiger partial charge is 0.369 e. The van der Waals surface area contributed by atoms with Crippen LogP contribution < -0.4 is 5.73 Å². The lowest BCUT2D eigenvalue weighted by Gasteiger charge is -2.37. The summed E-state index contributed by atoms with van der Waals surface area (Å²) in [6, 6.07) is 6.89. The molecule has 1 fully saturated rings. The van der Waals surface area contributed by atoms with Crippen LogP contribution in [-0.4, -0.2) is 23.8 Å². The number of amides is 2. The predicted molar refractivity (Wildman–Crippen MR) is 68.9 cm³/mol. The lowest BCUT2D eigenvalue weighted by atomic mass is 9.84. The molecule has 2 atom stereocenters. The molecule has 1 aliphatic heterocycles. The van der Waals surface area contributed by atoms with E-state index in [4.69, 9.17) is 17.3 Å². The summed E-state index contributed by atoms with van der Waals surface area (Å²) in [5.74, 6) is -0.706. The minimum Gasteiger partial charge on any atom is -0.369 e. The van der Waals surface area contributed by atoms with Gasteiger partial charge in [-0.05, 0) is 24.1 Å². The number of nitrogens with zero attached hydrogens (tertiary/aromatic N) is 1. The SMILES string of the molecule is CN1C(=O)CC[C@@H](C(N)=O)[C@@H]1c1cccc(Cl)c1. The summed E-state index contributed by atoms with van der Waals surface area (Å²) >= 11 is 5.96. The number of likely N-dealkylation sites (tertiary alicyclic amines) is 1. The number of nitrogens with two attached hydrogens (primary N) is 1. The molecule has 1 saturated heterocycles. The van der Waals surface area contributed by atoms with Gasteiger partial charge in [0.1, 0.15) is 0 Å². The molecular weight excluding hydrogens is 252 g/mol. The van der Waals surface area contributed by atoms with E-state index in [0.29, 0.717) is 17.9 Å². The highest BCUT2D eigenvalue weighted by atomic mass is 35.5. The van der Waals surface area contributed by atoms with E-state index in [-0.39, 0.29) is 23.8 Å². The molecule has 1 aliphatic rings. The molecule has 1 aromatic carbocycles. The predicted octanol–water partition coefficient (Wildman–Crippen LogP) is 1.73. The van der Waals surface area contributed by atoms with Gasteiger partial charge in [-0.15, -0.1) is 0 Å². The van der Waals surface area contributed by atoms with E-state index in [9.17, 15) is 9.59 Å². The second-order valence-electron chi connectivity index (χ2n) is 4.55. The van der Waals surface area contributed by atoms with Crippen molar-refractivity contribution in [2.24, 2.45) is 11.7 Å². The quantitative estimate of drug-likeness (QED) is 0.886. The minimum absolute atomic E-state index is 0.0254. The molecule has 2 amide bonds. The number of hydrogen-bond donors (Lipinski definition) is 1. The maximum Gasteiger partial charge on any atom is 0.222 e. The Balaban J connectivity index is 2.41. The maximum absolute atomic E-state index is 11.8. The van der Waals surface area contributed by atoms with Gasteiger partial charge >= 0.3 is 0 Å². The molecule has 5 heteroatoms. The molecule has 4 nitrogen and oxygen atoms in total. The van der Waals surface area contributed by atoms with Crippen molar-refractivity contribution in [1.29, 1.82) is 0 Å². The van der Waals surface area contributed by atoms with Crippen LogP contribution >= 0.6 is 11.6 Å². The minimum atomic E-state index is -0.376. The Kier molecular flexibility index (Phi) is 3.57. The first kappa shape index (κ1) is 12.9. The molecule has 1 aromatic rings. The number of hydrogen-bond acceptors (Lipinski definition) is 2. The summed E-state index contributed by atoms with van der Waals surface area (Å²) in [4.78, 5) is 24.9. The third-order valence-electron chi connectivity index (χ3n) is 3.42. The Morgan fingerprint density at radius 3 is 2.83 bits per heavy atom. The Hall–Kier alpha value is -1.55. The molecular formula is C13H15ClN2O2. The van der Waals surface area contributed by atoms with Crippen molar-refractivity contribution in [1.82, 2.24) is 4.90 Å². The van der Waals surface area contributed by atoms with E-state index in [1.807, 2.05) is 12.1 Å². The molecule has 0 spiro atoms. The smallest absolute Gasteiger partial charge is 0.222 e. The number of carbonyl (C=O) groups excluding carboxylic acids is 2. The van der Waals surface area contributed by atoms with Crippen LogP contribution in [0.5, 0.6) is 0 Å². The van der Waals surface area contributed by atoms with Crippen LogP contribution in [0.1, 0.15) is 24.4 Å². The first-order chi connectivity index (χ1) is 8.50. The van der Waals surface area contributed by atoms with Gasteiger partial charge in [-0.3, -0.25) is 9.59 Å². The van der Waals surface area contributed by atoms with Gasteiger partial charge in [-0.2, -0.15) is 0 Å². The summed E-state index contributed by atoms with van der Waals surface area (Å²) < 4.78 is 0. The van der Waals surface area contributed by atoms with Crippen molar-refractivity contribution in [2.75, 3.05) is 7.05 Å². The van der Waals surface area contributed by atoms with Gasteiger partial charge in [-0.25, -0.2) is 0 Å². The van der Waals surface area contributed by atoms with Gasteiger partial charge in [0.15, 0.2) is 0 Å². The zero-order valence-electron chi connectivity index (χ0n) is 10.1. The topological polar surface area (TPSA) is 63.4 Å². The van der Waals surface area contributed by atoms with Crippen LogP contribution in [0.2, 0.25) is 5.02 Å². The van der Waals surface area contributed by atoms with Crippen molar-refractivity contribution in [3.63, 3.8) is 0 Å². The highest BCUT2D eigenvalue weighted by molar-refractivity contribution is 6.30. The van der Waals surface area contributed by atoms with E-state index in [0.717, 1.165) is 5.56 Å². The average Bonchev–Trinajstić information content (AvgIpc) is 2.32. The van der Waals surface area contributed by atoms with Crippen LogP contribution in [-0.2, 0) is 9.59 Å². The molecule has 0 bridgehead atoms. The van der Waals surface area contributed by atoms with E-state index < -0.39 is 0 Å². The first-order valence-corrected chi connectivity index (χ1v) is 6.19. The van der Waals surface area contributed by atoms with Crippen LogP contribution in [0, 0.1) is 5.92 Å². The number of halogens is 1. The Morgan fingerprint density at radius 2 is 2.22 bits per heavy atom. The van der Waals surface area contributed by atoms with Gasteiger partial charge in [0.2, 0.25) is 11.8 Å². The fourth-order valence-electron chi connectivity index (χ4n) is 2.48. The third kappa shape index (κ3) is 2.34. The normalized spacial score (nSPS) is 24.1. The van der Waals surface area contributed by atoms with Crippen molar-refractivity contribution in [3.8, 4) is 0 Å². The Bertz CT molecular complexity index is 490. The molecule has 0 saturated carbocycles. The molecule has 1 heterocycles. The van der Waals surface area contributed by atoms with E-state index in [2.05, 4.69) is 0 Å². The molecule has 18 heavy (non-hydrogen) atoms. The second-order valence-corrected chi connectivity index (χ2v) is 4.99. The number of primary amides is 1. The Labute approximate surface area is 111 Å². The highest BCUT2D eigenvalue weighted by Crippen LogP contribution is 2.36. The Morgan fingerprint density at radius 1 is 1.50 bits per heavy atom. The number of piperidine rings is 1. The summed E-state index contributed by atoms with van der Waals surface area (Å²) in [6.07, 6.45) is 0.858. The summed E-state index contributed by atoms with van der Waals surface area (Å²) in [6.45, 7) is 0. The number of benzene rings is 1. The molecule has 0 aromatic heterocycles. The monoisotopic (exact) mass is 266 g/mol. The number of rotatable bonds is 2.